The van der Waals surface area contributed by atoms with Crippen molar-refractivity contribution < 1.29 is 9.53 Å². The molecular formula is C21H19N5O2. The fourth-order valence-electron chi connectivity index (χ4n) is 2.64. The van der Waals surface area contributed by atoms with E-state index in [1.165, 1.54) is 0 Å². The first-order valence-corrected chi connectivity index (χ1v) is 8.57. The summed E-state index contributed by atoms with van der Waals surface area (Å²) in [5.74, 6) is 0.469. The van der Waals surface area contributed by atoms with Crippen molar-refractivity contribution in [3.8, 4) is 11.8 Å². The van der Waals surface area contributed by atoms with Crippen LogP contribution in [0.3, 0.4) is 0 Å². The molecule has 1 heterocycles. The Balaban J connectivity index is 1.85. The molecule has 1 amide bonds. The molecule has 0 radical (unpaired) electrons. The summed E-state index contributed by atoms with van der Waals surface area (Å²) >= 11 is 0. The Morgan fingerprint density at radius 2 is 1.93 bits per heavy atom. The van der Waals surface area contributed by atoms with Crippen LogP contribution in [0, 0.1) is 25.2 Å². The number of rotatable bonds is 5. The van der Waals surface area contributed by atoms with Crippen LogP contribution in [0.2, 0.25) is 0 Å². The van der Waals surface area contributed by atoms with Gasteiger partial charge in [0.05, 0.1) is 24.4 Å². The minimum Gasteiger partial charge on any atom is -0.495 e. The van der Waals surface area contributed by atoms with E-state index in [2.05, 4.69) is 26.7 Å². The van der Waals surface area contributed by atoms with E-state index in [0.29, 0.717) is 28.4 Å². The first-order valence-electron chi connectivity index (χ1n) is 8.57. The number of nitrogens with zero attached hydrogens (tertiary/aromatic N) is 3. The maximum atomic E-state index is 12.7. The van der Waals surface area contributed by atoms with Crippen molar-refractivity contribution in [2.24, 2.45) is 0 Å². The quantitative estimate of drug-likeness (QED) is 0.702. The van der Waals surface area contributed by atoms with Crippen LogP contribution in [0.1, 0.15) is 27.3 Å². The van der Waals surface area contributed by atoms with Crippen molar-refractivity contribution in [1.29, 1.82) is 5.26 Å². The van der Waals surface area contributed by atoms with Crippen LogP contribution in [0.4, 0.5) is 17.3 Å². The highest BCUT2D eigenvalue weighted by Crippen LogP contribution is 2.26. The Labute approximate surface area is 163 Å². The van der Waals surface area contributed by atoms with Crippen molar-refractivity contribution in [2.45, 2.75) is 13.8 Å². The predicted molar refractivity (Wildman–Crippen MR) is 107 cm³/mol. The summed E-state index contributed by atoms with van der Waals surface area (Å²) in [4.78, 5) is 21.3. The second kappa shape index (κ2) is 8.18. The molecule has 2 aromatic carbocycles. The maximum absolute atomic E-state index is 12.7. The number of aromatic nitrogens is 2. The monoisotopic (exact) mass is 373 g/mol. The average molecular weight is 373 g/mol. The van der Waals surface area contributed by atoms with Crippen molar-refractivity contribution >= 4 is 23.2 Å². The molecule has 1 aromatic heterocycles. The van der Waals surface area contributed by atoms with E-state index >= 15 is 0 Å². The van der Waals surface area contributed by atoms with Crippen LogP contribution in [0.5, 0.6) is 5.75 Å². The van der Waals surface area contributed by atoms with E-state index in [1.807, 2.05) is 19.1 Å². The number of benzene rings is 2. The molecular weight excluding hydrogens is 354 g/mol. The zero-order valence-corrected chi connectivity index (χ0v) is 15.8. The van der Waals surface area contributed by atoms with Crippen LogP contribution in [-0.2, 0) is 0 Å². The lowest BCUT2D eigenvalue weighted by Gasteiger charge is -2.12. The van der Waals surface area contributed by atoms with Gasteiger partial charge in [-0.05, 0) is 55.8 Å². The van der Waals surface area contributed by atoms with Crippen LogP contribution in [-0.4, -0.2) is 23.0 Å². The Kier molecular flexibility index (Phi) is 5.51. The van der Waals surface area contributed by atoms with Crippen molar-refractivity contribution in [1.82, 2.24) is 9.97 Å². The van der Waals surface area contributed by atoms with Gasteiger partial charge >= 0.3 is 0 Å². The number of carbonyl (C=O) groups excluding carboxylic acids is 1. The third-order valence-electron chi connectivity index (χ3n) is 3.94. The molecule has 0 fully saturated rings. The Bertz CT molecular complexity index is 1070. The number of amides is 1. The lowest BCUT2D eigenvalue weighted by molar-refractivity contribution is 0.102. The van der Waals surface area contributed by atoms with Gasteiger partial charge in [-0.3, -0.25) is 4.79 Å². The highest BCUT2D eigenvalue weighted by molar-refractivity contribution is 6.04. The lowest BCUT2D eigenvalue weighted by Crippen LogP contribution is -2.16. The van der Waals surface area contributed by atoms with Gasteiger partial charge in [0.25, 0.3) is 5.91 Å². The first-order chi connectivity index (χ1) is 13.5. The van der Waals surface area contributed by atoms with E-state index in [-0.39, 0.29) is 17.5 Å². The Hall–Kier alpha value is -3.92. The van der Waals surface area contributed by atoms with Crippen LogP contribution >= 0.6 is 0 Å². The third-order valence-corrected chi connectivity index (χ3v) is 3.94. The minimum absolute atomic E-state index is 0.218. The number of ether oxygens (including phenoxy) is 1. The summed E-state index contributed by atoms with van der Waals surface area (Å²) < 4.78 is 5.30. The molecule has 0 saturated carbocycles. The highest BCUT2D eigenvalue weighted by atomic mass is 16.5. The van der Waals surface area contributed by atoms with Crippen molar-refractivity contribution in [3.63, 3.8) is 0 Å². The van der Waals surface area contributed by atoms with E-state index < -0.39 is 0 Å². The molecule has 28 heavy (non-hydrogen) atoms. The van der Waals surface area contributed by atoms with Gasteiger partial charge in [0.1, 0.15) is 11.4 Å². The smallest absolute Gasteiger partial charge is 0.274 e. The molecule has 0 spiro atoms. The Morgan fingerprint density at radius 1 is 1.11 bits per heavy atom. The van der Waals surface area contributed by atoms with E-state index in [9.17, 15) is 4.79 Å². The summed E-state index contributed by atoms with van der Waals surface area (Å²) in [6.45, 7) is 3.71. The second-order valence-electron chi connectivity index (χ2n) is 6.19. The second-order valence-corrected chi connectivity index (χ2v) is 6.19. The number of nitrogens with one attached hydrogen (secondary N) is 2. The summed E-state index contributed by atoms with van der Waals surface area (Å²) in [7, 11) is 1.55. The fourth-order valence-corrected chi connectivity index (χ4v) is 2.64. The lowest BCUT2D eigenvalue weighted by atomic mass is 10.2. The van der Waals surface area contributed by atoms with Crippen molar-refractivity contribution in [3.05, 3.63) is 71.0 Å². The van der Waals surface area contributed by atoms with Gasteiger partial charge in [-0.25, -0.2) is 9.97 Å². The molecule has 0 bridgehead atoms. The first kappa shape index (κ1) is 18.9. The van der Waals surface area contributed by atoms with Gasteiger partial charge in [-0.1, -0.05) is 12.1 Å². The fraction of sp³-hybridized carbons (Fsp3) is 0.143. The van der Waals surface area contributed by atoms with E-state index in [1.54, 1.807) is 50.4 Å². The molecule has 0 aliphatic carbocycles. The topological polar surface area (TPSA) is 99.9 Å². The number of hydrogen-bond donors (Lipinski definition) is 2. The maximum Gasteiger partial charge on any atom is 0.274 e. The van der Waals surface area contributed by atoms with E-state index in [0.717, 1.165) is 5.56 Å². The number of nitriles is 1. The summed E-state index contributed by atoms with van der Waals surface area (Å²) in [5, 5.41) is 14.9. The van der Waals surface area contributed by atoms with Crippen LogP contribution in [0.25, 0.3) is 0 Å². The molecule has 0 aliphatic rings. The third kappa shape index (κ3) is 4.43. The number of anilines is 3. The van der Waals surface area contributed by atoms with E-state index in [4.69, 9.17) is 10.00 Å². The van der Waals surface area contributed by atoms with Gasteiger partial charge in [-0.15, -0.1) is 0 Å². The van der Waals surface area contributed by atoms with Crippen LogP contribution < -0.4 is 15.4 Å². The number of methoxy groups -OCH3 is 1. The molecule has 7 heteroatoms. The Morgan fingerprint density at radius 3 is 2.68 bits per heavy atom. The van der Waals surface area contributed by atoms with Gasteiger partial charge in [0.2, 0.25) is 5.95 Å². The SMILES string of the molecule is COc1ccc(C)cc1NC(=O)c1cc(C)nc(Nc2cccc(C#N)c2)n1. The van der Waals surface area contributed by atoms with Crippen molar-refractivity contribution in [2.75, 3.05) is 17.7 Å². The molecule has 0 unspecified atom stereocenters. The zero-order valence-electron chi connectivity index (χ0n) is 15.8. The number of hydrogen-bond acceptors (Lipinski definition) is 6. The molecule has 2 N–H and O–H groups in total. The normalized spacial score (nSPS) is 10.1. The molecule has 0 saturated heterocycles. The molecule has 3 aromatic rings. The summed E-state index contributed by atoms with van der Waals surface area (Å²) in [6, 6.07) is 16.2. The summed E-state index contributed by atoms with van der Waals surface area (Å²) in [6.07, 6.45) is 0. The minimum atomic E-state index is -0.372. The zero-order chi connectivity index (χ0) is 20.1. The van der Waals surface area contributed by atoms with Gasteiger partial charge < -0.3 is 15.4 Å². The van der Waals surface area contributed by atoms with Gasteiger partial charge in [-0.2, -0.15) is 5.26 Å². The van der Waals surface area contributed by atoms with Gasteiger partial charge in [0, 0.05) is 11.4 Å². The summed E-state index contributed by atoms with van der Waals surface area (Å²) in [5.41, 5.74) is 3.60. The predicted octanol–water partition coefficient (Wildman–Crippen LogP) is 3.97. The van der Waals surface area contributed by atoms with Gasteiger partial charge in [0.15, 0.2) is 0 Å². The standard InChI is InChI=1S/C21H19N5O2/c1-13-7-8-19(28-3)17(9-13)25-20(27)18-10-14(2)23-21(26-18)24-16-6-4-5-15(11-16)12-22/h4-11H,1-3H3,(H,25,27)(H,23,24,26). The molecule has 140 valence electrons. The number of aryl methyl sites for hydroxylation is 2. The molecule has 0 aliphatic heterocycles. The highest BCUT2D eigenvalue weighted by Gasteiger charge is 2.14. The molecule has 7 nitrogen and oxygen atoms in total. The van der Waals surface area contributed by atoms with Crippen LogP contribution in [0.15, 0.2) is 48.5 Å². The molecule has 3 rings (SSSR count). The average Bonchev–Trinajstić information content (AvgIpc) is 2.68. The number of carbonyl (C=O) groups is 1. The largest absolute Gasteiger partial charge is 0.495 e. The molecule has 0 atom stereocenters.